The summed E-state index contributed by atoms with van der Waals surface area (Å²) in [6.45, 7) is 2.10. The van der Waals surface area contributed by atoms with Gasteiger partial charge in [0, 0.05) is 18.7 Å². The van der Waals surface area contributed by atoms with Gasteiger partial charge < -0.3 is 9.47 Å². The lowest BCUT2D eigenvalue weighted by Gasteiger charge is -2.26. The molecule has 1 atom stereocenters. The van der Waals surface area contributed by atoms with Crippen LogP contribution in [0.1, 0.15) is 36.9 Å². The number of nitrogens with one attached hydrogen (secondary N) is 1. The van der Waals surface area contributed by atoms with Gasteiger partial charge >= 0.3 is 6.18 Å². The summed E-state index contributed by atoms with van der Waals surface area (Å²) in [6, 6.07) is 4.97. The van der Waals surface area contributed by atoms with Crippen LogP contribution in [-0.4, -0.2) is 25.9 Å². The minimum atomic E-state index is -4.21. The van der Waals surface area contributed by atoms with E-state index in [1.807, 2.05) is 6.07 Å². The van der Waals surface area contributed by atoms with Crippen molar-refractivity contribution in [2.24, 2.45) is 0 Å². The van der Waals surface area contributed by atoms with Gasteiger partial charge in [-0.05, 0) is 37.5 Å². The molecule has 0 heterocycles. The Bertz CT molecular complexity index is 498. The Morgan fingerprint density at radius 1 is 1.29 bits per heavy atom. The molecule has 1 aromatic carbocycles. The first kappa shape index (κ1) is 16.1. The van der Waals surface area contributed by atoms with Crippen LogP contribution in [0.15, 0.2) is 18.2 Å². The molecule has 2 rings (SSSR count). The third kappa shape index (κ3) is 3.32. The topological polar surface area (TPSA) is 30.5 Å². The molecule has 21 heavy (non-hydrogen) atoms. The zero-order valence-electron chi connectivity index (χ0n) is 12.4. The maximum Gasteiger partial charge on any atom is 0.406 e. The van der Waals surface area contributed by atoms with E-state index < -0.39 is 17.8 Å². The lowest BCUT2D eigenvalue weighted by molar-refractivity contribution is -0.167. The maximum atomic E-state index is 13.0. The molecule has 1 N–H and O–H groups in total. The standard InChI is InChI=1S/C15H20F3NO2/c1-10(19-14(6-7-14)15(16,17)18)11-4-5-13(21-3)12(8-11)9-20-2/h4-5,8,10,19H,6-7,9H2,1-3H3. The minimum Gasteiger partial charge on any atom is -0.496 e. The first-order chi connectivity index (χ1) is 9.83. The van der Waals surface area contributed by atoms with E-state index in [2.05, 4.69) is 5.32 Å². The summed E-state index contributed by atoms with van der Waals surface area (Å²) in [5.41, 5.74) is -0.102. The zero-order chi connectivity index (χ0) is 15.7. The minimum absolute atomic E-state index is 0.141. The van der Waals surface area contributed by atoms with E-state index in [4.69, 9.17) is 9.47 Å². The van der Waals surface area contributed by atoms with E-state index in [1.165, 1.54) is 0 Å². The molecule has 1 unspecified atom stereocenters. The van der Waals surface area contributed by atoms with Crippen molar-refractivity contribution in [2.75, 3.05) is 14.2 Å². The highest BCUT2D eigenvalue weighted by Gasteiger charge is 2.63. The smallest absolute Gasteiger partial charge is 0.406 e. The summed E-state index contributed by atoms with van der Waals surface area (Å²) in [5, 5.41) is 2.72. The first-order valence-corrected chi connectivity index (χ1v) is 6.83. The van der Waals surface area contributed by atoms with Crippen molar-refractivity contribution in [3.63, 3.8) is 0 Å². The van der Waals surface area contributed by atoms with Crippen molar-refractivity contribution in [2.45, 2.75) is 44.1 Å². The van der Waals surface area contributed by atoms with Gasteiger partial charge in [-0.25, -0.2) is 0 Å². The fourth-order valence-electron chi connectivity index (χ4n) is 2.47. The Labute approximate surface area is 122 Å². The van der Waals surface area contributed by atoms with Crippen LogP contribution in [0.2, 0.25) is 0 Å². The molecule has 1 saturated carbocycles. The molecule has 3 nitrogen and oxygen atoms in total. The molecule has 1 fully saturated rings. The van der Waals surface area contributed by atoms with Crippen LogP contribution in [0.3, 0.4) is 0 Å². The van der Waals surface area contributed by atoms with Gasteiger partial charge in [0.1, 0.15) is 11.3 Å². The van der Waals surface area contributed by atoms with Gasteiger partial charge in [-0.3, -0.25) is 5.32 Å². The quantitative estimate of drug-likeness (QED) is 0.871. The molecule has 0 amide bonds. The molecule has 1 aliphatic rings. The number of rotatable bonds is 6. The highest BCUT2D eigenvalue weighted by Crippen LogP contribution is 2.50. The zero-order valence-corrected chi connectivity index (χ0v) is 12.4. The summed E-state index contributed by atoms with van der Waals surface area (Å²) in [4.78, 5) is 0. The average Bonchev–Trinajstić information content (AvgIpc) is 3.19. The van der Waals surface area contributed by atoms with E-state index in [1.54, 1.807) is 33.3 Å². The fraction of sp³-hybridized carbons (Fsp3) is 0.600. The number of methoxy groups -OCH3 is 2. The van der Waals surface area contributed by atoms with Crippen LogP contribution < -0.4 is 10.1 Å². The van der Waals surface area contributed by atoms with Gasteiger partial charge in [0.05, 0.1) is 13.7 Å². The van der Waals surface area contributed by atoms with Gasteiger partial charge in [0.25, 0.3) is 0 Å². The van der Waals surface area contributed by atoms with Crippen molar-refractivity contribution >= 4 is 0 Å². The average molecular weight is 303 g/mol. The molecule has 0 aliphatic heterocycles. The molecule has 0 saturated heterocycles. The highest BCUT2D eigenvalue weighted by molar-refractivity contribution is 5.38. The number of alkyl halides is 3. The van der Waals surface area contributed by atoms with Gasteiger partial charge in [0.15, 0.2) is 0 Å². The predicted molar refractivity (Wildman–Crippen MR) is 73.3 cm³/mol. The summed E-state index contributed by atoms with van der Waals surface area (Å²) in [7, 11) is 3.12. The van der Waals surface area contributed by atoms with E-state index in [-0.39, 0.29) is 12.8 Å². The van der Waals surface area contributed by atoms with Crippen LogP contribution in [0.5, 0.6) is 5.75 Å². The van der Waals surface area contributed by atoms with Gasteiger partial charge in [-0.1, -0.05) is 6.07 Å². The number of hydrogen-bond donors (Lipinski definition) is 1. The predicted octanol–water partition coefficient (Wildman–Crippen LogP) is 3.59. The fourth-order valence-corrected chi connectivity index (χ4v) is 2.47. The first-order valence-electron chi connectivity index (χ1n) is 6.83. The number of ether oxygens (including phenoxy) is 2. The highest BCUT2D eigenvalue weighted by atomic mass is 19.4. The van der Waals surface area contributed by atoms with Crippen LogP contribution in [0.4, 0.5) is 13.2 Å². The number of benzene rings is 1. The van der Waals surface area contributed by atoms with Crippen molar-refractivity contribution in [3.8, 4) is 5.75 Å². The van der Waals surface area contributed by atoms with Crippen LogP contribution in [0.25, 0.3) is 0 Å². The Hall–Kier alpha value is -1.27. The second kappa shape index (κ2) is 5.85. The van der Waals surface area contributed by atoms with E-state index in [0.717, 1.165) is 11.1 Å². The third-order valence-electron chi connectivity index (χ3n) is 3.89. The Balaban J connectivity index is 2.16. The summed E-state index contributed by atoms with van der Waals surface area (Å²) in [6.07, 6.45) is -3.92. The van der Waals surface area contributed by atoms with Gasteiger partial charge in [0.2, 0.25) is 0 Å². The van der Waals surface area contributed by atoms with E-state index >= 15 is 0 Å². The Morgan fingerprint density at radius 2 is 1.95 bits per heavy atom. The van der Waals surface area contributed by atoms with Gasteiger partial charge in [-0.2, -0.15) is 13.2 Å². The monoisotopic (exact) mass is 303 g/mol. The Morgan fingerprint density at radius 3 is 2.43 bits per heavy atom. The molecule has 118 valence electrons. The van der Waals surface area contributed by atoms with Gasteiger partial charge in [-0.15, -0.1) is 0 Å². The SMILES string of the molecule is COCc1cc(C(C)NC2(C(F)(F)F)CC2)ccc1OC. The number of halogens is 3. The Kier molecular flexibility index (Phi) is 4.49. The molecular formula is C15H20F3NO2. The second-order valence-corrected chi connectivity index (χ2v) is 5.45. The molecule has 1 aromatic rings. The van der Waals surface area contributed by atoms with Crippen LogP contribution in [-0.2, 0) is 11.3 Å². The summed E-state index contributed by atoms with van der Waals surface area (Å²) in [5.74, 6) is 0.671. The van der Waals surface area contributed by atoms with Crippen LogP contribution in [0, 0.1) is 0 Å². The molecule has 1 aliphatic carbocycles. The van der Waals surface area contributed by atoms with E-state index in [0.29, 0.717) is 12.4 Å². The largest absolute Gasteiger partial charge is 0.496 e. The van der Waals surface area contributed by atoms with Crippen molar-refractivity contribution in [1.82, 2.24) is 5.32 Å². The van der Waals surface area contributed by atoms with Crippen molar-refractivity contribution < 1.29 is 22.6 Å². The molecule has 0 bridgehead atoms. The third-order valence-corrected chi connectivity index (χ3v) is 3.89. The lowest BCUT2D eigenvalue weighted by Crippen LogP contribution is -2.45. The normalized spacial score (nSPS) is 18.4. The molecule has 0 spiro atoms. The molecule has 0 aromatic heterocycles. The second-order valence-electron chi connectivity index (χ2n) is 5.45. The maximum absolute atomic E-state index is 13.0. The summed E-state index contributed by atoms with van der Waals surface area (Å²) >= 11 is 0. The van der Waals surface area contributed by atoms with Crippen LogP contribution >= 0.6 is 0 Å². The number of hydrogen-bond acceptors (Lipinski definition) is 3. The summed E-state index contributed by atoms with van der Waals surface area (Å²) < 4.78 is 49.3. The molecule has 6 heteroatoms. The van der Waals surface area contributed by atoms with Crippen molar-refractivity contribution in [3.05, 3.63) is 29.3 Å². The lowest BCUT2D eigenvalue weighted by atomic mass is 10.0. The molecular weight excluding hydrogens is 283 g/mol. The van der Waals surface area contributed by atoms with E-state index in [9.17, 15) is 13.2 Å². The molecule has 0 radical (unpaired) electrons. The van der Waals surface area contributed by atoms with Crippen molar-refractivity contribution in [1.29, 1.82) is 0 Å².